The van der Waals surface area contributed by atoms with E-state index in [0.29, 0.717) is 6.54 Å². The minimum Gasteiger partial charge on any atom is -0.497 e. The molecule has 0 aliphatic carbocycles. The smallest absolute Gasteiger partial charge is 0.319 e. The molecule has 0 aliphatic heterocycles. The number of carbonyl (C=O) groups excluding carboxylic acids is 1. The van der Waals surface area contributed by atoms with Gasteiger partial charge in [0.15, 0.2) is 0 Å². The van der Waals surface area contributed by atoms with Crippen LogP contribution in [0.3, 0.4) is 0 Å². The van der Waals surface area contributed by atoms with Gasteiger partial charge in [-0.05, 0) is 61.9 Å². The van der Waals surface area contributed by atoms with Crippen molar-refractivity contribution in [2.45, 2.75) is 26.4 Å². The van der Waals surface area contributed by atoms with E-state index in [0.717, 1.165) is 33.7 Å². The van der Waals surface area contributed by atoms with E-state index in [2.05, 4.69) is 20.9 Å². The van der Waals surface area contributed by atoms with E-state index < -0.39 is 0 Å². The van der Waals surface area contributed by atoms with Crippen LogP contribution < -0.4 is 20.7 Å². The number of nitrogens with zero attached hydrogens (tertiary/aromatic N) is 1. The Labute approximate surface area is 159 Å². The summed E-state index contributed by atoms with van der Waals surface area (Å²) in [7, 11) is 1.66. The second-order valence-corrected chi connectivity index (χ2v) is 6.56. The van der Waals surface area contributed by atoms with Crippen LogP contribution >= 0.6 is 0 Å². The summed E-state index contributed by atoms with van der Waals surface area (Å²) < 4.78 is 5.17. The average molecular weight is 364 g/mol. The number of aromatic nitrogens is 1. The van der Waals surface area contributed by atoms with Gasteiger partial charge in [0.05, 0.1) is 12.6 Å². The molecule has 0 fully saturated rings. The van der Waals surface area contributed by atoms with Crippen molar-refractivity contribution in [3.05, 3.63) is 60.2 Å². The molecule has 0 atom stereocenters. The number of urea groups is 1. The number of ether oxygens (including phenoxy) is 1. The largest absolute Gasteiger partial charge is 0.497 e. The Bertz CT molecular complexity index is 923. The minimum atomic E-state index is -0.213. The second kappa shape index (κ2) is 8.40. The number of hydrogen-bond donors (Lipinski definition) is 3. The molecule has 140 valence electrons. The van der Waals surface area contributed by atoms with Gasteiger partial charge in [-0.3, -0.25) is 0 Å². The molecule has 3 aromatic rings. The number of carbonyl (C=O) groups is 1. The van der Waals surface area contributed by atoms with E-state index in [1.165, 1.54) is 0 Å². The van der Waals surface area contributed by atoms with Crippen molar-refractivity contribution in [1.29, 1.82) is 0 Å². The molecule has 2 amide bonds. The molecule has 6 nitrogen and oxygen atoms in total. The summed E-state index contributed by atoms with van der Waals surface area (Å²) in [6, 6.07) is 17.4. The number of pyridine rings is 1. The van der Waals surface area contributed by atoms with Crippen molar-refractivity contribution >= 4 is 28.4 Å². The molecule has 0 saturated heterocycles. The first-order valence-corrected chi connectivity index (χ1v) is 8.88. The third kappa shape index (κ3) is 5.10. The summed E-state index contributed by atoms with van der Waals surface area (Å²) in [5.41, 5.74) is 2.75. The summed E-state index contributed by atoms with van der Waals surface area (Å²) >= 11 is 0. The van der Waals surface area contributed by atoms with Crippen molar-refractivity contribution < 1.29 is 9.53 Å². The molecule has 3 rings (SSSR count). The Morgan fingerprint density at radius 2 is 1.85 bits per heavy atom. The van der Waals surface area contributed by atoms with E-state index >= 15 is 0 Å². The van der Waals surface area contributed by atoms with Gasteiger partial charge in [0.2, 0.25) is 0 Å². The van der Waals surface area contributed by atoms with Gasteiger partial charge in [-0.25, -0.2) is 9.78 Å². The topological polar surface area (TPSA) is 75.3 Å². The van der Waals surface area contributed by atoms with Gasteiger partial charge in [-0.15, -0.1) is 0 Å². The first kappa shape index (κ1) is 18.5. The van der Waals surface area contributed by atoms with Crippen molar-refractivity contribution in [2.75, 3.05) is 17.7 Å². The highest BCUT2D eigenvalue weighted by molar-refractivity contribution is 5.93. The van der Waals surface area contributed by atoms with E-state index in [1.54, 1.807) is 7.11 Å². The predicted molar refractivity (Wildman–Crippen MR) is 109 cm³/mol. The number of rotatable bonds is 6. The van der Waals surface area contributed by atoms with Crippen LogP contribution in [0.4, 0.5) is 16.3 Å². The minimum absolute atomic E-state index is 0.0893. The fourth-order valence-corrected chi connectivity index (χ4v) is 2.67. The van der Waals surface area contributed by atoms with Gasteiger partial charge < -0.3 is 20.7 Å². The number of amides is 2. The van der Waals surface area contributed by atoms with Crippen LogP contribution in [0.1, 0.15) is 19.4 Å². The molecule has 0 saturated carbocycles. The normalized spacial score (nSPS) is 10.7. The summed E-state index contributed by atoms with van der Waals surface area (Å²) in [5, 5.41) is 9.93. The fourth-order valence-electron chi connectivity index (χ4n) is 2.67. The molecular formula is C21H24N4O2. The molecule has 1 heterocycles. The number of fused-ring (bicyclic) bond motifs is 1. The van der Waals surface area contributed by atoms with E-state index in [9.17, 15) is 4.79 Å². The Morgan fingerprint density at radius 3 is 2.56 bits per heavy atom. The fraction of sp³-hybridized carbons (Fsp3) is 0.238. The highest BCUT2D eigenvalue weighted by atomic mass is 16.5. The van der Waals surface area contributed by atoms with Gasteiger partial charge in [0.1, 0.15) is 11.6 Å². The molecule has 0 radical (unpaired) electrons. The molecule has 0 unspecified atom stereocenters. The summed E-state index contributed by atoms with van der Waals surface area (Å²) in [6.45, 7) is 4.52. The Hall–Kier alpha value is -3.28. The maximum atomic E-state index is 11.8. The Morgan fingerprint density at radius 1 is 1.07 bits per heavy atom. The van der Waals surface area contributed by atoms with Crippen molar-refractivity contribution in [1.82, 2.24) is 10.3 Å². The zero-order chi connectivity index (χ0) is 19.2. The lowest BCUT2D eigenvalue weighted by atomic mass is 10.2. The van der Waals surface area contributed by atoms with Crippen LogP contribution in [0.15, 0.2) is 54.6 Å². The van der Waals surface area contributed by atoms with Gasteiger partial charge in [-0.1, -0.05) is 12.1 Å². The van der Waals surface area contributed by atoms with Crippen LogP contribution in [-0.2, 0) is 6.54 Å². The molecule has 2 aromatic carbocycles. The van der Waals surface area contributed by atoms with Gasteiger partial charge in [0, 0.05) is 23.7 Å². The molecule has 3 N–H and O–H groups in total. The maximum Gasteiger partial charge on any atom is 0.319 e. The van der Waals surface area contributed by atoms with Gasteiger partial charge in [-0.2, -0.15) is 0 Å². The molecule has 1 aromatic heterocycles. The van der Waals surface area contributed by atoms with Crippen LogP contribution in [0.5, 0.6) is 5.75 Å². The first-order valence-electron chi connectivity index (χ1n) is 8.88. The quantitative estimate of drug-likeness (QED) is 0.606. The summed E-state index contributed by atoms with van der Waals surface area (Å²) in [5.74, 6) is 1.64. The zero-order valence-electron chi connectivity index (χ0n) is 15.7. The van der Waals surface area contributed by atoms with Crippen LogP contribution in [0, 0.1) is 0 Å². The SMILES string of the molecule is COc1ccc(CNc2ccc3cc(NC(=O)NC(C)C)ccc3n2)cc1. The second-order valence-electron chi connectivity index (χ2n) is 6.56. The predicted octanol–water partition coefficient (Wildman–Crippen LogP) is 4.39. The number of nitrogens with one attached hydrogen (secondary N) is 3. The average Bonchev–Trinajstić information content (AvgIpc) is 2.66. The third-order valence-corrected chi connectivity index (χ3v) is 4.00. The third-order valence-electron chi connectivity index (χ3n) is 4.00. The number of benzene rings is 2. The summed E-state index contributed by atoms with van der Waals surface area (Å²) in [4.78, 5) is 16.4. The number of hydrogen-bond acceptors (Lipinski definition) is 4. The lowest BCUT2D eigenvalue weighted by molar-refractivity contribution is 0.250. The highest BCUT2D eigenvalue weighted by Crippen LogP contribution is 2.20. The van der Waals surface area contributed by atoms with Crippen molar-refractivity contribution in [3.63, 3.8) is 0 Å². The molecule has 0 aliphatic rings. The monoisotopic (exact) mass is 364 g/mol. The molecule has 27 heavy (non-hydrogen) atoms. The van der Waals surface area contributed by atoms with Gasteiger partial charge >= 0.3 is 6.03 Å². The first-order chi connectivity index (χ1) is 13.0. The lowest BCUT2D eigenvalue weighted by Gasteiger charge is -2.11. The van der Waals surface area contributed by atoms with E-state index in [1.807, 2.05) is 68.4 Å². The zero-order valence-corrected chi connectivity index (χ0v) is 15.7. The van der Waals surface area contributed by atoms with Crippen molar-refractivity contribution in [2.24, 2.45) is 0 Å². The molecular weight excluding hydrogens is 340 g/mol. The Balaban J connectivity index is 1.66. The number of anilines is 2. The van der Waals surface area contributed by atoms with Crippen LogP contribution in [-0.4, -0.2) is 24.2 Å². The van der Waals surface area contributed by atoms with Gasteiger partial charge in [0.25, 0.3) is 0 Å². The highest BCUT2D eigenvalue weighted by Gasteiger charge is 2.05. The van der Waals surface area contributed by atoms with E-state index in [4.69, 9.17) is 4.74 Å². The maximum absolute atomic E-state index is 11.8. The van der Waals surface area contributed by atoms with Crippen molar-refractivity contribution in [3.8, 4) is 5.75 Å². The van der Waals surface area contributed by atoms with E-state index in [-0.39, 0.29) is 12.1 Å². The summed E-state index contributed by atoms with van der Waals surface area (Å²) in [6.07, 6.45) is 0. The lowest BCUT2D eigenvalue weighted by Crippen LogP contribution is -2.34. The molecule has 6 heteroatoms. The van der Waals surface area contributed by atoms with Crippen LogP contribution in [0.2, 0.25) is 0 Å². The standard InChI is InChI=1S/C21H24N4O2/c1-14(2)23-21(26)24-17-7-10-19-16(12-17)6-11-20(25-19)22-13-15-4-8-18(27-3)9-5-15/h4-12,14H,13H2,1-3H3,(H,22,25)(H2,23,24,26). The number of methoxy groups -OCH3 is 1. The molecule has 0 bridgehead atoms. The molecule has 0 spiro atoms. The van der Waals surface area contributed by atoms with Crippen LogP contribution in [0.25, 0.3) is 10.9 Å². The Kier molecular flexibility index (Phi) is 5.76.